The molecule has 0 aliphatic rings. The molecule has 0 saturated carbocycles. The van der Waals surface area contributed by atoms with E-state index in [4.69, 9.17) is 4.74 Å². The SMILES string of the molecule is COc1ccc(Cn2nnnc2SC(C)c2cccc([N+](=O)[O-])c2)cc1. The number of aromatic nitrogens is 4. The first-order valence-corrected chi connectivity index (χ1v) is 8.75. The van der Waals surface area contributed by atoms with Crippen molar-refractivity contribution in [2.75, 3.05) is 7.11 Å². The standard InChI is InChI=1S/C17H17N5O3S/c1-12(14-4-3-5-15(10-14)22(23)24)26-17-18-19-20-21(17)11-13-6-8-16(25-2)9-7-13/h3-10,12H,11H2,1-2H3. The summed E-state index contributed by atoms with van der Waals surface area (Å²) in [5.74, 6) is 0.791. The van der Waals surface area contributed by atoms with Gasteiger partial charge in [0.2, 0.25) is 5.16 Å². The molecule has 3 rings (SSSR count). The van der Waals surface area contributed by atoms with Crippen LogP contribution in [0.25, 0.3) is 0 Å². The molecule has 0 aliphatic heterocycles. The van der Waals surface area contributed by atoms with E-state index >= 15 is 0 Å². The summed E-state index contributed by atoms with van der Waals surface area (Å²) in [7, 11) is 1.63. The number of nitrogens with zero attached hydrogens (tertiary/aromatic N) is 5. The number of hydrogen-bond donors (Lipinski definition) is 0. The van der Waals surface area contributed by atoms with Crippen LogP contribution in [0.4, 0.5) is 5.69 Å². The van der Waals surface area contributed by atoms with Crippen LogP contribution < -0.4 is 4.74 Å². The molecule has 8 nitrogen and oxygen atoms in total. The fourth-order valence-electron chi connectivity index (χ4n) is 2.40. The van der Waals surface area contributed by atoms with Crippen LogP contribution in [0.2, 0.25) is 0 Å². The monoisotopic (exact) mass is 371 g/mol. The zero-order valence-corrected chi connectivity index (χ0v) is 15.1. The molecule has 1 heterocycles. The second-order valence-electron chi connectivity index (χ2n) is 5.58. The van der Waals surface area contributed by atoms with Gasteiger partial charge in [0.15, 0.2) is 0 Å². The van der Waals surface area contributed by atoms with Crippen LogP contribution in [0.5, 0.6) is 5.75 Å². The Hall–Kier alpha value is -2.94. The number of thioether (sulfide) groups is 1. The highest BCUT2D eigenvalue weighted by Crippen LogP contribution is 2.34. The summed E-state index contributed by atoms with van der Waals surface area (Å²) >= 11 is 1.46. The largest absolute Gasteiger partial charge is 0.497 e. The van der Waals surface area contributed by atoms with Crippen molar-refractivity contribution in [2.45, 2.75) is 23.9 Å². The predicted octanol–water partition coefficient (Wildman–Crippen LogP) is 3.49. The average Bonchev–Trinajstić information content (AvgIpc) is 3.09. The Morgan fingerprint density at radius 2 is 2.04 bits per heavy atom. The van der Waals surface area contributed by atoms with E-state index < -0.39 is 4.92 Å². The number of non-ortho nitro benzene ring substituents is 1. The van der Waals surface area contributed by atoms with Crippen molar-refractivity contribution in [3.8, 4) is 5.75 Å². The summed E-state index contributed by atoms with van der Waals surface area (Å²) < 4.78 is 6.87. The highest BCUT2D eigenvalue weighted by Gasteiger charge is 2.16. The van der Waals surface area contributed by atoms with Gasteiger partial charge in [-0.05, 0) is 40.6 Å². The van der Waals surface area contributed by atoms with Crippen LogP contribution in [0.15, 0.2) is 53.7 Å². The Labute approximate surface area is 154 Å². The van der Waals surface area contributed by atoms with Gasteiger partial charge in [-0.25, -0.2) is 4.68 Å². The molecule has 1 aromatic heterocycles. The Morgan fingerprint density at radius 1 is 1.27 bits per heavy atom. The van der Waals surface area contributed by atoms with Crippen molar-refractivity contribution >= 4 is 17.4 Å². The molecule has 0 spiro atoms. The van der Waals surface area contributed by atoms with Crippen molar-refractivity contribution in [1.29, 1.82) is 0 Å². The number of nitro benzene ring substituents is 1. The van der Waals surface area contributed by atoms with Gasteiger partial charge in [0, 0.05) is 17.4 Å². The third-order valence-electron chi connectivity index (χ3n) is 3.82. The molecule has 0 N–H and O–H groups in total. The van der Waals surface area contributed by atoms with E-state index in [-0.39, 0.29) is 10.9 Å². The third kappa shape index (κ3) is 4.17. The quantitative estimate of drug-likeness (QED) is 0.356. The van der Waals surface area contributed by atoms with Crippen LogP contribution in [0.1, 0.15) is 23.3 Å². The number of nitro groups is 1. The molecule has 0 saturated heterocycles. The van der Waals surface area contributed by atoms with Crippen molar-refractivity contribution in [1.82, 2.24) is 20.2 Å². The number of tetrazole rings is 1. The molecular formula is C17H17N5O3S. The van der Waals surface area contributed by atoms with Gasteiger partial charge in [0.1, 0.15) is 5.75 Å². The lowest BCUT2D eigenvalue weighted by molar-refractivity contribution is -0.384. The number of methoxy groups -OCH3 is 1. The average molecular weight is 371 g/mol. The molecule has 3 aromatic rings. The first-order valence-electron chi connectivity index (χ1n) is 7.87. The van der Waals surface area contributed by atoms with Crippen LogP contribution in [0, 0.1) is 10.1 Å². The van der Waals surface area contributed by atoms with Gasteiger partial charge in [-0.3, -0.25) is 10.1 Å². The lowest BCUT2D eigenvalue weighted by Gasteiger charge is -2.11. The van der Waals surface area contributed by atoms with Gasteiger partial charge in [-0.1, -0.05) is 36.0 Å². The Morgan fingerprint density at radius 3 is 2.73 bits per heavy atom. The second kappa shape index (κ2) is 7.96. The summed E-state index contributed by atoms with van der Waals surface area (Å²) in [6.07, 6.45) is 0. The normalized spacial score (nSPS) is 11.9. The number of benzene rings is 2. The molecule has 26 heavy (non-hydrogen) atoms. The number of rotatable bonds is 7. The molecule has 134 valence electrons. The van der Waals surface area contributed by atoms with Crippen molar-refractivity contribution < 1.29 is 9.66 Å². The van der Waals surface area contributed by atoms with E-state index in [2.05, 4.69) is 15.5 Å². The highest BCUT2D eigenvalue weighted by atomic mass is 32.2. The summed E-state index contributed by atoms with van der Waals surface area (Å²) in [6, 6.07) is 14.3. The molecule has 2 aromatic carbocycles. The lowest BCUT2D eigenvalue weighted by Crippen LogP contribution is -2.04. The third-order valence-corrected chi connectivity index (χ3v) is 4.95. The first-order chi connectivity index (χ1) is 12.6. The van der Waals surface area contributed by atoms with Gasteiger partial charge in [0.25, 0.3) is 5.69 Å². The van der Waals surface area contributed by atoms with E-state index in [9.17, 15) is 10.1 Å². The molecule has 1 unspecified atom stereocenters. The van der Waals surface area contributed by atoms with E-state index in [1.54, 1.807) is 23.9 Å². The minimum absolute atomic E-state index is 0.0319. The Bertz CT molecular complexity index is 897. The maximum absolute atomic E-state index is 10.9. The molecule has 1 atom stereocenters. The lowest BCUT2D eigenvalue weighted by atomic mass is 10.1. The highest BCUT2D eigenvalue weighted by molar-refractivity contribution is 7.99. The molecule has 0 aliphatic carbocycles. The molecular weight excluding hydrogens is 354 g/mol. The minimum atomic E-state index is -0.394. The topological polar surface area (TPSA) is 96.0 Å². The molecule has 9 heteroatoms. The Kier molecular flexibility index (Phi) is 5.47. The fraction of sp³-hybridized carbons (Fsp3) is 0.235. The summed E-state index contributed by atoms with van der Waals surface area (Å²) in [5.41, 5.74) is 1.97. The van der Waals surface area contributed by atoms with Gasteiger partial charge >= 0.3 is 0 Å². The maximum Gasteiger partial charge on any atom is 0.269 e. The van der Waals surface area contributed by atoms with Gasteiger partial charge < -0.3 is 4.74 Å². The zero-order valence-electron chi connectivity index (χ0n) is 14.3. The van der Waals surface area contributed by atoms with E-state index in [1.807, 2.05) is 37.3 Å². The maximum atomic E-state index is 10.9. The second-order valence-corrected chi connectivity index (χ2v) is 6.89. The molecule has 0 radical (unpaired) electrons. The van der Waals surface area contributed by atoms with Crippen molar-refractivity contribution in [2.24, 2.45) is 0 Å². The number of hydrogen-bond acceptors (Lipinski definition) is 7. The van der Waals surface area contributed by atoms with Gasteiger partial charge in [-0.15, -0.1) is 5.10 Å². The summed E-state index contributed by atoms with van der Waals surface area (Å²) in [6.45, 7) is 2.50. The van der Waals surface area contributed by atoms with Crippen LogP contribution >= 0.6 is 11.8 Å². The Balaban J connectivity index is 1.73. The molecule has 0 amide bonds. The fourth-order valence-corrected chi connectivity index (χ4v) is 3.31. The van der Waals surface area contributed by atoms with Crippen LogP contribution in [-0.2, 0) is 6.54 Å². The van der Waals surface area contributed by atoms with Crippen molar-refractivity contribution in [3.05, 3.63) is 69.8 Å². The predicted molar refractivity (Wildman–Crippen MR) is 97.3 cm³/mol. The van der Waals surface area contributed by atoms with Crippen molar-refractivity contribution in [3.63, 3.8) is 0 Å². The summed E-state index contributed by atoms with van der Waals surface area (Å²) in [5, 5.41) is 23.4. The first kappa shape index (κ1) is 17.9. The van der Waals surface area contributed by atoms with Crippen LogP contribution in [0.3, 0.4) is 0 Å². The van der Waals surface area contributed by atoms with E-state index in [0.717, 1.165) is 16.9 Å². The van der Waals surface area contributed by atoms with Gasteiger partial charge in [-0.2, -0.15) is 0 Å². The van der Waals surface area contributed by atoms with Crippen LogP contribution in [-0.4, -0.2) is 32.2 Å². The molecule has 0 fully saturated rings. The smallest absolute Gasteiger partial charge is 0.269 e. The minimum Gasteiger partial charge on any atom is -0.497 e. The molecule has 0 bridgehead atoms. The van der Waals surface area contributed by atoms with E-state index in [0.29, 0.717) is 11.7 Å². The van der Waals surface area contributed by atoms with Gasteiger partial charge in [0.05, 0.1) is 18.6 Å². The summed E-state index contributed by atoms with van der Waals surface area (Å²) in [4.78, 5) is 10.6. The van der Waals surface area contributed by atoms with E-state index in [1.165, 1.54) is 17.8 Å². The number of ether oxygens (including phenoxy) is 1. The zero-order chi connectivity index (χ0) is 18.5.